The van der Waals surface area contributed by atoms with Gasteiger partial charge in [0.25, 0.3) is 0 Å². The number of hydrogen-bond donors (Lipinski definition) is 2. The van der Waals surface area contributed by atoms with E-state index in [1.807, 2.05) is 0 Å². The predicted octanol–water partition coefficient (Wildman–Crippen LogP) is -0.0326. The van der Waals surface area contributed by atoms with Crippen molar-refractivity contribution in [1.29, 1.82) is 0 Å². The number of carboxylic acid groups (broad SMARTS) is 1. The van der Waals surface area contributed by atoms with Crippen molar-refractivity contribution in [2.24, 2.45) is 11.7 Å². The fraction of sp³-hybridized carbons (Fsp3) is 0.875. The van der Waals surface area contributed by atoms with Crippen molar-refractivity contribution in [3.05, 3.63) is 0 Å². The van der Waals surface area contributed by atoms with Crippen LogP contribution in [-0.2, 0) is 9.53 Å². The van der Waals surface area contributed by atoms with Gasteiger partial charge in [-0.15, -0.1) is 0 Å². The Morgan fingerprint density at radius 1 is 1.67 bits per heavy atom. The lowest BCUT2D eigenvalue weighted by Gasteiger charge is -2.51. The average molecular weight is 171 g/mol. The Hall–Kier alpha value is -0.610. The molecule has 3 N–H and O–H groups in total. The molecular weight excluding hydrogens is 158 g/mol. The molecule has 0 amide bonds. The lowest BCUT2D eigenvalue weighted by atomic mass is 9.62. The van der Waals surface area contributed by atoms with Gasteiger partial charge >= 0.3 is 5.97 Å². The van der Waals surface area contributed by atoms with Crippen LogP contribution in [-0.4, -0.2) is 29.3 Å². The summed E-state index contributed by atoms with van der Waals surface area (Å²) in [5, 5.41) is 8.85. The van der Waals surface area contributed by atoms with E-state index in [1.54, 1.807) is 0 Å². The minimum absolute atomic E-state index is 0.0451. The van der Waals surface area contributed by atoms with Crippen LogP contribution >= 0.6 is 0 Å². The van der Waals surface area contributed by atoms with Gasteiger partial charge in [0.15, 0.2) is 0 Å². The van der Waals surface area contributed by atoms with Crippen LogP contribution in [0.5, 0.6) is 0 Å². The van der Waals surface area contributed by atoms with E-state index in [1.165, 1.54) is 0 Å². The van der Waals surface area contributed by atoms with E-state index >= 15 is 0 Å². The van der Waals surface area contributed by atoms with Crippen LogP contribution in [0.15, 0.2) is 0 Å². The topological polar surface area (TPSA) is 72.6 Å². The van der Waals surface area contributed by atoms with Crippen LogP contribution in [0.25, 0.3) is 0 Å². The molecule has 4 nitrogen and oxygen atoms in total. The van der Waals surface area contributed by atoms with Crippen molar-refractivity contribution in [1.82, 2.24) is 0 Å². The molecule has 0 bridgehead atoms. The molecule has 0 radical (unpaired) electrons. The van der Waals surface area contributed by atoms with E-state index in [4.69, 9.17) is 15.6 Å². The maximum absolute atomic E-state index is 10.8. The second kappa shape index (κ2) is 2.44. The molecule has 1 saturated carbocycles. The number of rotatable bonds is 1. The third-order valence-electron chi connectivity index (χ3n) is 3.04. The first kappa shape index (κ1) is 8.01. The second-order valence-corrected chi connectivity index (χ2v) is 3.71. The number of carboxylic acids is 1. The zero-order chi connectivity index (χ0) is 8.77. The number of aliphatic carboxylic acids is 1. The maximum Gasteiger partial charge on any atom is 0.324 e. The van der Waals surface area contributed by atoms with E-state index in [0.29, 0.717) is 6.42 Å². The summed E-state index contributed by atoms with van der Waals surface area (Å²) in [5.74, 6) is -0.835. The van der Waals surface area contributed by atoms with Gasteiger partial charge in [0.2, 0.25) is 0 Å². The zero-order valence-electron chi connectivity index (χ0n) is 6.82. The molecule has 0 spiro atoms. The fourth-order valence-corrected chi connectivity index (χ4v) is 2.20. The highest BCUT2D eigenvalue weighted by Gasteiger charge is 2.57. The van der Waals surface area contributed by atoms with Crippen molar-refractivity contribution < 1.29 is 14.6 Å². The minimum atomic E-state index is -0.995. The second-order valence-electron chi connectivity index (χ2n) is 3.71. The van der Waals surface area contributed by atoms with Gasteiger partial charge in [-0.25, -0.2) is 0 Å². The molecule has 0 aromatic rings. The van der Waals surface area contributed by atoms with E-state index in [0.717, 1.165) is 19.4 Å². The van der Waals surface area contributed by atoms with Crippen LogP contribution in [0.4, 0.5) is 0 Å². The van der Waals surface area contributed by atoms with Gasteiger partial charge in [-0.2, -0.15) is 0 Å². The molecule has 2 aliphatic rings. The normalized spacial score (nSPS) is 46.1. The third kappa shape index (κ3) is 0.881. The van der Waals surface area contributed by atoms with Gasteiger partial charge in [-0.3, -0.25) is 4.79 Å². The molecule has 0 aromatic heterocycles. The Balaban J connectivity index is 2.09. The highest BCUT2D eigenvalue weighted by molar-refractivity contribution is 5.80. The van der Waals surface area contributed by atoms with Gasteiger partial charge < -0.3 is 15.6 Å². The number of carbonyl (C=O) groups is 1. The van der Waals surface area contributed by atoms with Crippen LogP contribution in [0.2, 0.25) is 0 Å². The molecule has 2 fully saturated rings. The van der Waals surface area contributed by atoms with E-state index in [9.17, 15) is 4.79 Å². The molecule has 4 heteroatoms. The Kier molecular flexibility index (Phi) is 1.63. The number of fused-ring (bicyclic) bond motifs is 1. The van der Waals surface area contributed by atoms with Crippen LogP contribution < -0.4 is 5.73 Å². The SMILES string of the molecule is N[C@@]1(C(=O)O)C[C@H]2OCCC[C@H]21. The first-order valence-corrected chi connectivity index (χ1v) is 4.28. The Morgan fingerprint density at radius 2 is 2.42 bits per heavy atom. The molecule has 3 atom stereocenters. The molecule has 0 aromatic carbocycles. The predicted molar refractivity (Wildman–Crippen MR) is 41.6 cm³/mol. The maximum atomic E-state index is 10.8. The number of nitrogens with two attached hydrogens (primary N) is 1. The van der Waals surface area contributed by atoms with Gasteiger partial charge in [0.05, 0.1) is 6.10 Å². The summed E-state index contributed by atoms with van der Waals surface area (Å²) in [6, 6.07) is 0. The van der Waals surface area contributed by atoms with E-state index < -0.39 is 11.5 Å². The van der Waals surface area contributed by atoms with Crippen molar-refractivity contribution >= 4 is 5.97 Å². The molecular formula is C8H13NO3. The first-order chi connectivity index (χ1) is 5.64. The minimum Gasteiger partial charge on any atom is -0.480 e. The monoisotopic (exact) mass is 171 g/mol. The van der Waals surface area contributed by atoms with Crippen molar-refractivity contribution in [3.8, 4) is 0 Å². The smallest absolute Gasteiger partial charge is 0.324 e. The lowest BCUT2D eigenvalue weighted by molar-refractivity contribution is -0.175. The van der Waals surface area contributed by atoms with E-state index in [-0.39, 0.29) is 12.0 Å². The summed E-state index contributed by atoms with van der Waals surface area (Å²) < 4.78 is 5.38. The fourth-order valence-electron chi connectivity index (χ4n) is 2.20. The third-order valence-corrected chi connectivity index (χ3v) is 3.04. The first-order valence-electron chi connectivity index (χ1n) is 4.28. The molecule has 1 heterocycles. The molecule has 1 saturated heterocycles. The number of ether oxygens (including phenoxy) is 1. The summed E-state index contributed by atoms with van der Waals surface area (Å²) >= 11 is 0. The summed E-state index contributed by atoms with van der Waals surface area (Å²) in [7, 11) is 0. The molecule has 1 aliphatic heterocycles. The Labute approximate surface area is 70.7 Å². The van der Waals surface area contributed by atoms with E-state index in [2.05, 4.69) is 0 Å². The van der Waals surface area contributed by atoms with Crippen LogP contribution in [0.1, 0.15) is 19.3 Å². The Bertz CT molecular complexity index is 218. The number of hydrogen-bond acceptors (Lipinski definition) is 3. The average Bonchev–Trinajstić information content (AvgIpc) is 2.02. The molecule has 68 valence electrons. The van der Waals surface area contributed by atoms with Crippen molar-refractivity contribution in [2.45, 2.75) is 30.9 Å². The summed E-state index contributed by atoms with van der Waals surface area (Å²) in [5.41, 5.74) is 4.73. The lowest BCUT2D eigenvalue weighted by Crippen LogP contribution is -2.69. The standard InChI is InChI=1S/C8H13NO3/c9-8(7(10)11)4-6-5(8)2-1-3-12-6/h5-6H,1-4,9H2,(H,10,11)/t5-,6-,8+/m1/s1. The summed E-state index contributed by atoms with van der Waals surface area (Å²) in [6.07, 6.45) is 2.42. The summed E-state index contributed by atoms with van der Waals surface area (Å²) in [4.78, 5) is 10.8. The molecule has 0 unspecified atom stereocenters. The molecule has 12 heavy (non-hydrogen) atoms. The van der Waals surface area contributed by atoms with Gasteiger partial charge in [-0.05, 0) is 12.8 Å². The highest BCUT2D eigenvalue weighted by atomic mass is 16.5. The van der Waals surface area contributed by atoms with Crippen molar-refractivity contribution in [2.75, 3.05) is 6.61 Å². The summed E-state index contributed by atoms with van der Waals surface area (Å²) in [6.45, 7) is 0.761. The molecule has 2 rings (SSSR count). The quantitative estimate of drug-likeness (QED) is 0.581. The largest absolute Gasteiger partial charge is 0.480 e. The van der Waals surface area contributed by atoms with Crippen LogP contribution in [0.3, 0.4) is 0 Å². The highest BCUT2D eigenvalue weighted by Crippen LogP contribution is 2.44. The zero-order valence-corrected chi connectivity index (χ0v) is 6.82. The van der Waals surface area contributed by atoms with Crippen LogP contribution in [0, 0.1) is 5.92 Å². The van der Waals surface area contributed by atoms with Crippen molar-refractivity contribution in [3.63, 3.8) is 0 Å². The Morgan fingerprint density at radius 3 is 3.00 bits per heavy atom. The van der Waals surface area contributed by atoms with Gasteiger partial charge in [0, 0.05) is 18.9 Å². The molecule has 1 aliphatic carbocycles. The van der Waals surface area contributed by atoms with Gasteiger partial charge in [0.1, 0.15) is 5.54 Å². The van der Waals surface area contributed by atoms with Gasteiger partial charge in [-0.1, -0.05) is 0 Å².